The van der Waals surface area contributed by atoms with Crippen LogP contribution in [0.2, 0.25) is 0 Å². The van der Waals surface area contributed by atoms with Gasteiger partial charge in [-0.3, -0.25) is 0 Å². The van der Waals surface area contributed by atoms with Gasteiger partial charge in [0.2, 0.25) is 0 Å². The third-order valence-electron chi connectivity index (χ3n) is 5.76. The second kappa shape index (κ2) is 9.46. The van der Waals surface area contributed by atoms with Gasteiger partial charge in [0.25, 0.3) is 5.88 Å². The Hall–Kier alpha value is -3.39. The Labute approximate surface area is 200 Å². The van der Waals surface area contributed by atoms with Crippen LogP contribution in [-0.2, 0) is 9.84 Å². The van der Waals surface area contributed by atoms with Crippen LogP contribution in [0.5, 0.6) is 11.6 Å². The molecule has 2 aromatic heterocycles. The van der Waals surface area contributed by atoms with Gasteiger partial charge < -0.3 is 14.0 Å². The highest BCUT2D eigenvalue weighted by Crippen LogP contribution is 2.32. The minimum Gasteiger partial charge on any atom is -0.491 e. The molecule has 0 spiro atoms. The van der Waals surface area contributed by atoms with Crippen molar-refractivity contribution in [2.75, 3.05) is 25.7 Å². The molecule has 178 valence electrons. The number of ether oxygens (including phenoxy) is 2. The van der Waals surface area contributed by atoms with Crippen molar-refractivity contribution in [3.63, 3.8) is 0 Å². The van der Waals surface area contributed by atoms with Crippen molar-refractivity contribution in [3.05, 3.63) is 71.7 Å². The van der Waals surface area contributed by atoms with Gasteiger partial charge in [0.05, 0.1) is 48.6 Å². The summed E-state index contributed by atoms with van der Waals surface area (Å²) in [5.41, 5.74) is 6.78. The molecule has 0 aliphatic heterocycles. The number of aryl methyl sites for hydroxylation is 2. The molecule has 0 aliphatic rings. The fourth-order valence-corrected chi connectivity index (χ4v) is 5.02. The van der Waals surface area contributed by atoms with E-state index in [4.69, 9.17) is 9.47 Å². The van der Waals surface area contributed by atoms with Crippen molar-refractivity contribution >= 4 is 20.9 Å². The number of hydrogen-bond acceptors (Lipinski definition) is 6. The zero-order valence-electron chi connectivity index (χ0n) is 20.1. The minimum atomic E-state index is -3.33. The van der Waals surface area contributed by atoms with Gasteiger partial charge in [0.15, 0.2) is 5.75 Å². The van der Waals surface area contributed by atoms with E-state index >= 15 is 0 Å². The van der Waals surface area contributed by atoms with Gasteiger partial charge in [-0.25, -0.2) is 18.4 Å². The van der Waals surface area contributed by atoms with E-state index in [1.54, 1.807) is 25.6 Å². The molecule has 2 heterocycles. The van der Waals surface area contributed by atoms with Gasteiger partial charge in [0.1, 0.15) is 9.84 Å². The molecular formula is C26H29N3O4S. The molecule has 2 aromatic carbocycles. The molecule has 0 unspecified atom stereocenters. The lowest BCUT2D eigenvalue weighted by atomic mass is 9.98. The number of fused-ring (bicyclic) bond motifs is 1. The standard InChI is InChI=1S/C26H29N3O4S/c1-6-33-26-25(32-4)12-10-21(28-26)24(15-34(5,30)31)29-16-27-22-14-19(9-11-23(22)29)20-13-17(2)7-8-18(20)3/h7-14,16,24H,6,15H2,1-5H3/t24-/m1/s1. The lowest BCUT2D eigenvalue weighted by Gasteiger charge is -2.20. The summed E-state index contributed by atoms with van der Waals surface area (Å²) in [6.07, 6.45) is 2.91. The normalized spacial score (nSPS) is 12.6. The van der Waals surface area contributed by atoms with Crippen molar-refractivity contribution in [3.8, 4) is 22.8 Å². The second-order valence-electron chi connectivity index (χ2n) is 8.46. The van der Waals surface area contributed by atoms with E-state index in [0.29, 0.717) is 23.9 Å². The van der Waals surface area contributed by atoms with Gasteiger partial charge in [0, 0.05) is 6.26 Å². The fourth-order valence-electron chi connectivity index (χ4n) is 4.11. The molecule has 0 saturated heterocycles. The number of nitrogens with zero attached hydrogens (tertiary/aromatic N) is 3. The number of hydrogen-bond donors (Lipinski definition) is 0. The van der Waals surface area contributed by atoms with Crippen molar-refractivity contribution < 1.29 is 17.9 Å². The maximum atomic E-state index is 12.4. The number of rotatable bonds is 8. The first kappa shape index (κ1) is 23.8. The second-order valence-corrected chi connectivity index (χ2v) is 10.6. The number of benzene rings is 2. The summed E-state index contributed by atoms with van der Waals surface area (Å²) in [4.78, 5) is 9.22. The Balaban J connectivity index is 1.83. The summed E-state index contributed by atoms with van der Waals surface area (Å²) in [6.45, 7) is 6.44. The highest BCUT2D eigenvalue weighted by molar-refractivity contribution is 7.90. The van der Waals surface area contributed by atoms with Crippen LogP contribution in [0.25, 0.3) is 22.2 Å². The SMILES string of the molecule is CCOc1nc([C@@H](CS(C)(=O)=O)n2cnc3cc(-c4cc(C)ccc4C)ccc32)ccc1OC. The summed E-state index contributed by atoms with van der Waals surface area (Å²) in [6, 6.07) is 15.4. The monoisotopic (exact) mass is 479 g/mol. The first-order valence-corrected chi connectivity index (χ1v) is 13.2. The average Bonchev–Trinajstić information content (AvgIpc) is 3.22. The van der Waals surface area contributed by atoms with Gasteiger partial charge in [-0.05, 0) is 61.7 Å². The Morgan fingerprint density at radius 1 is 1.06 bits per heavy atom. The summed E-state index contributed by atoms with van der Waals surface area (Å²) in [5.74, 6) is 0.710. The highest BCUT2D eigenvalue weighted by Gasteiger charge is 2.24. The Bertz CT molecular complexity index is 1440. The van der Waals surface area contributed by atoms with Crippen LogP contribution in [0.15, 0.2) is 54.9 Å². The van der Waals surface area contributed by atoms with Crippen molar-refractivity contribution in [1.82, 2.24) is 14.5 Å². The molecule has 1 atom stereocenters. The van der Waals surface area contributed by atoms with Gasteiger partial charge in [-0.2, -0.15) is 0 Å². The summed E-state index contributed by atoms with van der Waals surface area (Å²) in [7, 11) is -1.78. The largest absolute Gasteiger partial charge is 0.491 e. The maximum absolute atomic E-state index is 12.4. The predicted octanol–water partition coefficient (Wildman–Crippen LogP) is 4.76. The zero-order valence-corrected chi connectivity index (χ0v) is 20.9. The lowest BCUT2D eigenvalue weighted by Crippen LogP contribution is -2.21. The Morgan fingerprint density at radius 2 is 1.85 bits per heavy atom. The number of imidazole rings is 1. The van der Waals surface area contributed by atoms with E-state index in [9.17, 15) is 8.42 Å². The quantitative estimate of drug-likeness (QED) is 0.362. The smallest absolute Gasteiger partial charge is 0.257 e. The van der Waals surface area contributed by atoms with E-state index < -0.39 is 15.9 Å². The molecule has 0 saturated carbocycles. The van der Waals surface area contributed by atoms with Crippen molar-refractivity contribution in [2.24, 2.45) is 0 Å². The van der Waals surface area contributed by atoms with Crippen LogP contribution in [0.1, 0.15) is 29.8 Å². The molecular weight excluding hydrogens is 450 g/mol. The molecule has 34 heavy (non-hydrogen) atoms. The summed E-state index contributed by atoms with van der Waals surface area (Å²) < 4.78 is 37.6. The third-order valence-corrected chi connectivity index (χ3v) is 6.69. The number of methoxy groups -OCH3 is 1. The average molecular weight is 480 g/mol. The Morgan fingerprint density at radius 3 is 2.56 bits per heavy atom. The van der Waals surface area contributed by atoms with E-state index in [1.165, 1.54) is 17.4 Å². The summed E-state index contributed by atoms with van der Waals surface area (Å²) >= 11 is 0. The van der Waals surface area contributed by atoms with Gasteiger partial charge >= 0.3 is 0 Å². The summed E-state index contributed by atoms with van der Waals surface area (Å²) in [5, 5.41) is 0. The zero-order chi connectivity index (χ0) is 24.5. The first-order chi connectivity index (χ1) is 16.2. The number of sulfone groups is 1. The van der Waals surface area contributed by atoms with Crippen LogP contribution in [0.3, 0.4) is 0 Å². The fraction of sp³-hybridized carbons (Fsp3) is 0.308. The minimum absolute atomic E-state index is 0.123. The number of pyridine rings is 1. The third kappa shape index (κ3) is 4.92. The molecule has 0 aliphatic carbocycles. The molecule has 0 fully saturated rings. The molecule has 7 nitrogen and oxygen atoms in total. The first-order valence-electron chi connectivity index (χ1n) is 11.1. The number of aromatic nitrogens is 3. The maximum Gasteiger partial charge on any atom is 0.257 e. The van der Waals surface area contributed by atoms with Crippen LogP contribution < -0.4 is 9.47 Å². The van der Waals surface area contributed by atoms with Crippen molar-refractivity contribution in [1.29, 1.82) is 0 Å². The molecule has 0 amide bonds. The predicted molar refractivity (Wildman–Crippen MR) is 134 cm³/mol. The Kier molecular flexibility index (Phi) is 6.61. The van der Waals surface area contributed by atoms with Gasteiger partial charge in [-0.1, -0.05) is 29.8 Å². The van der Waals surface area contributed by atoms with E-state index in [1.807, 2.05) is 29.7 Å². The molecule has 8 heteroatoms. The van der Waals surface area contributed by atoms with Crippen LogP contribution in [-0.4, -0.2) is 48.7 Å². The highest BCUT2D eigenvalue weighted by atomic mass is 32.2. The molecule has 0 bridgehead atoms. The van der Waals surface area contributed by atoms with Crippen LogP contribution in [0, 0.1) is 13.8 Å². The van der Waals surface area contributed by atoms with Crippen LogP contribution >= 0.6 is 0 Å². The van der Waals surface area contributed by atoms with Crippen molar-refractivity contribution in [2.45, 2.75) is 26.8 Å². The van der Waals surface area contributed by atoms with E-state index in [2.05, 4.69) is 42.0 Å². The molecule has 4 rings (SSSR count). The topological polar surface area (TPSA) is 83.3 Å². The molecule has 0 N–H and O–H groups in total. The van der Waals surface area contributed by atoms with E-state index in [-0.39, 0.29) is 5.75 Å². The van der Waals surface area contributed by atoms with Gasteiger partial charge in [-0.15, -0.1) is 0 Å². The van der Waals surface area contributed by atoms with E-state index in [0.717, 1.165) is 22.2 Å². The van der Waals surface area contributed by atoms with Crippen LogP contribution in [0.4, 0.5) is 0 Å². The lowest BCUT2D eigenvalue weighted by molar-refractivity contribution is 0.296. The molecule has 0 radical (unpaired) electrons. The molecule has 4 aromatic rings.